The van der Waals surface area contributed by atoms with Gasteiger partial charge in [-0.05, 0) is 101 Å². The van der Waals surface area contributed by atoms with Crippen molar-refractivity contribution < 1.29 is 34.6 Å². The van der Waals surface area contributed by atoms with Gasteiger partial charge in [0.1, 0.15) is 11.2 Å². The molecule has 0 unspecified atom stereocenters. The van der Waals surface area contributed by atoms with Crippen LogP contribution in [0.1, 0.15) is 30.2 Å². The van der Waals surface area contributed by atoms with Gasteiger partial charge in [0.2, 0.25) is 0 Å². The fourth-order valence-electron chi connectivity index (χ4n) is 6.27. The Labute approximate surface area is 315 Å². The van der Waals surface area contributed by atoms with Crippen LogP contribution in [0, 0.1) is 0 Å². The highest BCUT2D eigenvalue weighted by molar-refractivity contribution is 6.23. The number of furan rings is 1. The lowest BCUT2D eigenvalue weighted by Crippen LogP contribution is -1.92. The van der Waals surface area contributed by atoms with Gasteiger partial charge in [0, 0.05) is 10.8 Å². The Bertz CT molecular complexity index is 4030. The standard InChI is InChI=1S/C48H30O/c1-2-12-31(13-3-1)32-22-24-33(25-23-32)37-16-6-7-17-39(37)48-42-20-10-8-18-40(42)47(41-19-9-11-21-43(41)48)36-26-27-38-44-28-34-14-4-5-15-35(34)29-46(44)49-45(38)30-36/h1-30H/i1D,2D,3D,4D,5D,6D,7D,12D,13D,14D,15D,16D,17D,22D,23D,24D,25D,26D,27D,28D,29D,30D. The summed E-state index contributed by atoms with van der Waals surface area (Å²) in [6.07, 6.45) is 0. The largest absolute Gasteiger partial charge is 0.456 e. The van der Waals surface area contributed by atoms with E-state index < -0.39 is 155 Å². The number of fused-ring (bicyclic) bond motifs is 6. The van der Waals surface area contributed by atoms with Crippen LogP contribution in [-0.2, 0) is 0 Å². The van der Waals surface area contributed by atoms with Crippen molar-refractivity contribution in [2.24, 2.45) is 0 Å². The topological polar surface area (TPSA) is 13.1 Å². The summed E-state index contributed by atoms with van der Waals surface area (Å²) in [5.74, 6) is 0. The van der Waals surface area contributed by atoms with E-state index in [4.69, 9.17) is 25.0 Å². The molecule has 0 aliphatic heterocycles. The molecule has 0 N–H and O–H groups in total. The molecule has 9 aromatic carbocycles. The van der Waals surface area contributed by atoms with Crippen molar-refractivity contribution in [2.45, 2.75) is 0 Å². The van der Waals surface area contributed by atoms with Gasteiger partial charge in [-0.15, -0.1) is 0 Å². The van der Waals surface area contributed by atoms with Crippen LogP contribution >= 0.6 is 0 Å². The SMILES string of the molecule is [2H]c1c([2H])c([2H])c(-c2c([2H])c([2H])c(-c3c([2H])c([2H])c([2H])c([2H])c3-c3c4ccccc4c(-c4c([2H])c([2H])c5c(oc6c([2H])c7c([2H])c([2H])c([2H])c([2H])c7c([2H])c65)c4[2H])c4ccccc34)c([2H])c2[2H])c([2H])c1[2H]. The van der Waals surface area contributed by atoms with E-state index in [1.165, 1.54) is 0 Å². The lowest BCUT2D eigenvalue weighted by Gasteiger charge is -2.19. The molecule has 0 atom stereocenters. The fourth-order valence-corrected chi connectivity index (χ4v) is 6.27. The van der Waals surface area contributed by atoms with Crippen molar-refractivity contribution >= 4 is 54.3 Å². The number of benzene rings is 9. The van der Waals surface area contributed by atoms with Crippen LogP contribution in [-0.4, -0.2) is 0 Å². The van der Waals surface area contributed by atoms with Gasteiger partial charge in [-0.25, -0.2) is 0 Å². The lowest BCUT2D eigenvalue weighted by molar-refractivity contribution is 0.669. The minimum absolute atomic E-state index is 0.104. The number of hydrogen-bond donors (Lipinski definition) is 0. The molecule has 0 aliphatic rings. The normalized spacial score (nSPS) is 18.0. The highest BCUT2D eigenvalue weighted by Gasteiger charge is 2.20. The summed E-state index contributed by atoms with van der Waals surface area (Å²) in [5, 5.41) is -0.00237. The van der Waals surface area contributed by atoms with Crippen molar-refractivity contribution in [3.63, 3.8) is 0 Å². The molecule has 0 saturated heterocycles. The summed E-state index contributed by atoms with van der Waals surface area (Å²) < 4.78 is 202. The van der Waals surface area contributed by atoms with Gasteiger partial charge in [-0.3, -0.25) is 0 Å². The van der Waals surface area contributed by atoms with Gasteiger partial charge in [0.25, 0.3) is 0 Å². The fraction of sp³-hybridized carbons (Fsp3) is 0. The van der Waals surface area contributed by atoms with Crippen LogP contribution in [0.15, 0.2) is 186 Å². The third kappa shape index (κ3) is 4.47. The Hall–Kier alpha value is -6.44. The van der Waals surface area contributed by atoms with Gasteiger partial charge in [0.15, 0.2) is 0 Å². The Kier molecular flexibility index (Phi) is 3.07. The van der Waals surface area contributed by atoms with Crippen LogP contribution in [0.3, 0.4) is 0 Å². The minimum Gasteiger partial charge on any atom is -0.456 e. The van der Waals surface area contributed by atoms with E-state index in [-0.39, 0.29) is 76.5 Å². The smallest absolute Gasteiger partial charge is 0.136 e. The maximum absolute atomic E-state index is 9.69. The van der Waals surface area contributed by atoms with E-state index in [2.05, 4.69) is 0 Å². The molecule has 0 spiro atoms. The summed E-state index contributed by atoms with van der Waals surface area (Å²) in [6.45, 7) is 0. The summed E-state index contributed by atoms with van der Waals surface area (Å²) in [4.78, 5) is 0. The average molecular weight is 645 g/mol. The molecule has 1 aromatic heterocycles. The first-order chi connectivity index (χ1) is 33.5. The first-order valence-electron chi connectivity index (χ1n) is 26.1. The summed E-state index contributed by atoms with van der Waals surface area (Å²) in [5.41, 5.74) is -3.10. The first-order valence-corrected chi connectivity index (χ1v) is 15.1. The third-order valence-corrected chi connectivity index (χ3v) is 8.38. The number of rotatable bonds is 4. The van der Waals surface area contributed by atoms with Crippen LogP contribution in [0.2, 0.25) is 0 Å². The highest BCUT2D eigenvalue weighted by Crippen LogP contribution is 2.47. The predicted octanol–water partition coefficient (Wildman–Crippen LogP) is 13.7. The molecule has 228 valence electrons. The molecule has 0 fully saturated rings. The molecule has 49 heavy (non-hydrogen) atoms. The van der Waals surface area contributed by atoms with Crippen LogP contribution in [0.5, 0.6) is 0 Å². The van der Waals surface area contributed by atoms with Gasteiger partial charge in [-0.1, -0.05) is 157 Å². The predicted molar refractivity (Wildman–Crippen MR) is 208 cm³/mol. The molecule has 1 heterocycles. The van der Waals surface area contributed by atoms with E-state index in [0.29, 0.717) is 0 Å². The van der Waals surface area contributed by atoms with Crippen molar-refractivity contribution in [3.05, 3.63) is 181 Å². The van der Waals surface area contributed by atoms with Gasteiger partial charge in [0.05, 0.1) is 30.2 Å². The van der Waals surface area contributed by atoms with Crippen LogP contribution in [0.25, 0.3) is 98.8 Å². The molecule has 0 bridgehead atoms. The molecule has 10 aromatic rings. The second kappa shape index (κ2) is 11.1. The molecule has 0 radical (unpaired) electrons. The number of hydrogen-bond acceptors (Lipinski definition) is 1. The Balaban J connectivity index is 1.33. The van der Waals surface area contributed by atoms with E-state index in [1.807, 2.05) is 0 Å². The third-order valence-electron chi connectivity index (χ3n) is 8.38. The molecular weight excluding hydrogens is 593 g/mol. The zero-order chi connectivity index (χ0) is 51.5. The Morgan fingerprint density at radius 2 is 0.857 bits per heavy atom. The van der Waals surface area contributed by atoms with Crippen LogP contribution < -0.4 is 0 Å². The molecule has 0 aliphatic carbocycles. The Morgan fingerprint density at radius 1 is 0.347 bits per heavy atom. The Morgan fingerprint density at radius 3 is 1.55 bits per heavy atom. The molecular formula is C48H30O. The highest BCUT2D eigenvalue weighted by atomic mass is 16.3. The average Bonchev–Trinajstić information content (AvgIpc) is 3.78. The van der Waals surface area contributed by atoms with E-state index in [9.17, 15) is 9.60 Å². The maximum Gasteiger partial charge on any atom is 0.136 e. The van der Waals surface area contributed by atoms with Crippen LogP contribution in [0.4, 0.5) is 0 Å². The molecule has 1 heteroatoms. The van der Waals surface area contributed by atoms with Crippen molar-refractivity contribution in [3.8, 4) is 44.5 Å². The molecule has 1 nitrogen and oxygen atoms in total. The molecule has 10 rings (SSSR count). The van der Waals surface area contributed by atoms with E-state index in [0.717, 1.165) is 0 Å². The molecule has 0 saturated carbocycles. The maximum atomic E-state index is 9.69. The quantitative estimate of drug-likeness (QED) is 0.174. The van der Waals surface area contributed by atoms with E-state index >= 15 is 0 Å². The van der Waals surface area contributed by atoms with Gasteiger partial charge >= 0.3 is 0 Å². The van der Waals surface area contributed by atoms with Crippen molar-refractivity contribution in [1.82, 2.24) is 0 Å². The second-order valence-electron chi connectivity index (χ2n) is 11.1. The first kappa shape index (κ1) is 13.6. The zero-order valence-corrected chi connectivity index (χ0v) is 25.0. The summed E-state index contributed by atoms with van der Waals surface area (Å²) >= 11 is 0. The van der Waals surface area contributed by atoms with Crippen molar-refractivity contribution in [2.75, 3.05) is 0 Å². The lowest BCUT2D eigenvalue weighted by atomic mass is 9.83. The van der Waals surface area contributed by atoms with Crippen molar-refractivity contribution in [1.29, 1.82) is 0 Å². The monoisotopic (exact) mass is 644 g/mol. The van der Waals surface area contributed by atoms with E-state index in [1.54, 1.807) is 48.5 Å². The summed E-state index contributed by atoms with van der Waals surface area (Å²) in [6, 6.07) is -2.33. The minimum atomic E-state index is -0.855. The van der Waals surface area contributed by atoms with Gasteiger partial charge in [-0.2, -0.15) is 0 Å². The molecule has 0 amide bonds. The second-order valence-corrected chi connectivity index (χ2v) is 11.1. The zero-order valence-electron chi connectivity index (χ0n) is 47.0. The van der Waals surface area contributed by atoms with Gasteiger partial charge < -0.3 is 4.42 Å². The summed E-state index contributed by atoms with van der Waals surface area (Å²) in [7, 11) is 0.